The van der Waals surface area contributed by atoms with E-state index in [0.717, 1.165) is 18.4 Å². The first-order valence-electron chi connectivity index (χ1n) is 11.5. The van der Waals surface area contributed by atoms with Crippen molar-refractivity contribution in [2.24, 2.45) is 0 Å². The molecular formula is C28H29N3O2. The van der Waals surface area contributed by atoms with Gasteiger partial charge in [0.25, 0.3) is 0 Å². The first-order valence-corrected chi connectivity index (χ1v) is 11.5. The number of pyridine rings is 1. The molecule has 1 atom stereocenters. The highest BCUT2D eigenvalue weighted by molar-refractivity contribution is 6.06. The summed E-state index contributed by atoms with van der Waals surface area (Å²) in [5.74, 6) is 0.0513. The minimum absolute atomic E-state index is 0.0345. The van der Waals surface area contributed by atoms with Gasteiger partial charge in [0.15, 0.2) is 11.6 Å². The SMILES string of the molecule is CCCC(=O)c1ccc2c(C(=O)[C@@H](NCCc3ccc(C)cc3)c3ccccc3)cnn2c1. The molecule has 0 radical (unpaired) electrons. The lowest BCUT2D eigenvalue weighted by Gasteiger charge is -2.18. The number of ketones is 2. The van der Waals surface area contributed by atoms with Crippen LogP contribution >= 0.6 is 0 Å². The Morgan fingerprint density at radius 1 is 1.00 bits per heavy atom. The first kappa shape index (κ1) is 22.6. The van der Waals surface area contributed by atoms with E-state index >= 15 is 0 Å². The molecule has 0 aliphatic carbocycles. The highest BCUT2D eigenvalue weighted by Crippen LogP contribution is 2.22. The smallest absolute Gasteiger partial charge is 0.188 e. The maximum Gasteiger partial charge on any atom is 0.188 e. The number of rotatable bonds is 10. The number of hydrogen-bond donors (Lipinski definition) is 1. The Labute approximate surface area is 194 Å². The van der Waals surface area contributed by atoms with Gasteiger partial charge < -0.3 is 5.32 Å². The average Bonchev–Trinajstić information content (AvgIpc) is 3.27. The van der Waals surface area contributed by atoms with E-state index in [1.54, 1.807) is 23.0 Å². The van der Waals surface area contributed by atoms with Gasteiger partial charge in [-0.2, -0.15) is 5.10 Å². The number of nitrogens with one attached hydrogen (secondary N) is 1. The normalized spacial score (nSPS) is 12.1. The fourth-order valence-corrected chi connectivity index (χ4v) is 3.99. The van der Waals surface area contributed by atoms with Crippen LogP contribution in [0, 0.1) is 6.92 Å². The number of benzene rings is 2. The van der Waals surface area contributed by atoms with Gasteiger partial charge in [-0.1, -0.05) is 67.1 Å². The van der Waals surface area contributed by atoms with Crippen LogP contribution in [0.5, 0.6) is 0 Å². The molecule has 1 N–H and O–H groups in total. The summed E-state index contributed by atoms with van der Waals surface area (Å²) in [7, 11) is 0. The fourth-order valence-electron chi connectivity index (χ4n) is 3.99. The highest BCUT2D eigenvalue weighted by Gasteiger charge is 2.24. The Balaban J connectivity index is 1.57. The van der Waals surface area contributed by atoms with Gasteiger partial charge in [-0.3, -0.25) is 9.59 Å². The van der Waals surface area contributed by atoms with E-state index < -0.39 is 6.04 Å². The van der Waals surface area contributed by atoms with Gasteiger partial charge in [0.1, 0.15) is 0 Å². The van der Waals surface area contributed by atoms with Crippen molar-refractivity contribution < 1.29 is 9.59 Å². The molecule has 2 aromatic heterocycles. The number of carbonyl (C=O) groups excluding carboxylic acids is 2. The molecule has 168 valence electrons. The maximum atomic E-state index is 13.6. The van der Waals surface area contributed by atoms with Gasteiger partial charge in [-0.05, 0) is 43.0 Å². The molecule has 33 heavy (non-hydrogen) atoms. The second-order valence-corrected chi connectivity index (χ2v) is 8.38. The Morgan fingerprint density at radius 3 is 2.48 bits per heavy atom. The zero-order valence-electron chi connectivity index (χ0n) is 19.1. The van der Waals surface area contributed by atoms with Crippen LogP contribution in [0.3, 0.4) is 0 Å². The molecule has 0 spiro atoms. The van der Waals surface area contributed by atoms with Gasteiger partial charge in [0.05, 0.1) is 23.3 Å². The minimum atomic E-state index is -0.481. The number of nitrogens with zero attached hydrogens (tertiary/aromatic N) is 2. The number of fused-ring (bicyclic) bond motifs is 1. The lowest BCUT2D eigenvalue weighted by atomic mass is 9.97. The summed E-state index contributed by atoms with van der Waals surface area (Å²) in [5, 5.41) is 7.83. The van der Waals surface area contributed by atoms with Gasteiger partial charge in [-0.25, -0.2) is 4.52 Å². The second-order valence-electron chi connectivity index (χ2n) is 8.38. The molecule has 4 rings (SSSR count). The molecule has 0 aliphatic rings. The van der Waals surface area contributed by atoms with E-state index in [2.05, 4.69) is 41.6 Å². The minimum Gasteiger partial charge on any atom is -0.303 e. The number of Topliss-reactive ketones (excluding diaryl/α,β-unsaturated/α-hetero) is 2. The van der Waals surface area contributed by atoms with Crippen LogP contribution in [0.4, 0.5) is 0 Å². The Bertz CT molecular complexity index is 1240. The lowest BCUT2D eigenvalue weighted by Crippen LogP contribution is -2.30. The number of aryl methyl sites for hydroxylation is 1. The van der Waals surface area contributed by atoms with Crippen LogP contribution < -0.4 is 5.32 Å². The topological polar surface area (TPSA) is 63.5 Å². The molecular weight excluding hydrogens is 410 g/mol. The summed E-state index contributed by atoms with van der Waals surface area (Å²) in [6.45, 7) is 4.73. The quantitative estimate of drug-likeness (QED) is 0.337. The van der Waals surface area contributed by atoms with Crippen molar-refractivity contribution in [1.82, 2.24) is 14.9 Å². The molecule has 2 aromatic carbocycles. The molecule has 2 heterocycles. The molecule has 0 amide bonds. The molecule has 0 fully saturated rings. The van der Waals surface area contributed by atoms with Gasteiger partial charge >= 0.3 is 0 Å². The number of aromatic nitrogens is 2. The van der Waals surface area contributed by atoms with E-state index in [0.29, 0.717) is 29.6 Å². The van der Waals surface area contributed by atoms with Crippen LogP contribution in [-0.4, -0.2) is 27.7 Å². The van der Waals surface area contributed by atoms with Crippen molar-refractivity contribution in [3.63, 3.8) is 0 Å². The Morgan fingerprint density at radius 2 is 1.76 bits per heavy atom. The lowest BCUT2D eigenvalue weighted by molar-refractivity contribution is 0.0943. The number of hydrogen-bond acceptors (Lipinski definition) is 4. The zero-order valence-corrected chi connectivity index (χ0v) is 19.1. The van der Waals surface area contributed by atoms with Crippen molar-refractivity contribution in [3.05, 3.63) is 107 Å². The van der Waals surface area contributed by atoms with Crippen LogP contribution in [0.2, 0.25) is 0 Å². The molecule has 0 bridgehead atoms. The third kappa shape index (κ3) is 5.26. The van der Waals surface area contributed by atoms with Crippen LogP contribution in [-0.2, 0) is 6.42 Å². The molecule has 5 heteroatoms. The monoisotopic (exact) mass is 439 g/mol. The van der Waals surface area contributed by atoms with Crippen LogP contribution in [0.1, 0.15) is 63.2 Å². The predicted molar refractivity (Wildman–Crippen MR) is 131 cm³/mol. The van der Waals surface area contributed by atoms with E-state index in [1.807, 2.05) is 43.3 Å². The van der Waals surface area contributed by atoms with E-state index in [1.165, 1.54) is 11.1 Å². The fraction of sp³-hybridized carbons (Fsp3) is 0.250. The predicted octanol–water partition coefficient (Wildman–Crippen LogP) is 5.38. The molecule has 4 aromatic rings. The molecule has 0 saturated heterocycles. The van der Waals surface area contributed by atoms with Gasteiger partial charge in [0, 0.05) is 24.7 Å². The average molecular weight is 440 g/mol. The Hall–Kier alpha value is -3.57. The summed E-state index contributed by atoms with van der Waals surface area (Å²) in [4.78, 5) is 25.9. The first-order chi connectivity index (χ1) is 16.1. The van der Waals surface area contributed by atoms with Crippen molar-refractivity contribution in [2.75, 3.05) is 6.54 Å². The summed E-state index contributed by atoms with van der Waals surface area (Å²) >= 11 is 0. The van der Waals surface area contributed by atoms with Crippen molar-refractivity contribution >= 4 is 17.1 Å². The van der Waals surface area contributed by atoms with E-state index in [9.17, 15) is 9.59 Å². The summed E-state index contributed by atoms with van der Waals surface area (Å²) in [5.41, 5.74) is 5.24. The van der Waals surface area contributed by atoms with Crippen LogP contribution in [0.15, 0.2) is 79.1 Å². The number of carbonyl (C=O) groups is 2. The molecule has 0 unspecified atom stereocenters. The summed E-state index contributed by atoms with van der Waals surface area (Å²) in [6.07, 6.45) is 5.44. The van der Waals surface area contributed by atoms with Gasteiger partial charge in [0.2, 0.25) is 0 Å². The zero-order chi connectivity index (χ0) is 23.2. The molecule has 0 saturated carbocycles. The highest BCUT2D eigenvalue weighted by atomic mass is 16.1. The van der Waals surface area contributed by atoms with E-state index in [-0.39, 0.29) is 11.6 Å². The third-order valence-corrected chi connectivity index (χ3v) is 5.86. The second kappa shape index (κ2) is 10.4. The standard InChI is InChI=1S/C28H29N3O2/c1-3-7-26(32)23-14-15-25-24(18-30-31(25)19-23)28(33)27(22-8-5-4-6-9-22)29-17-16-21-12-10-20(2)11-13-21/h4-6,8-15,18-19,27,29H,3,7,16-17H2,1-2H3/t27-/m0/s1. The van der Waals surface area contributed by atoms with Crippen molar-refractivity contribution in [2.45, 2.75) is 39.2 Å². The van der Waals surface area contributed by atoms with Crippen LogP contribution in [0.25, 0.3) is 5.52 Å². The largest absolute Gasteiger partial charge is 0.303 e. The Kier molecular flexibility index (Phi) is 7.10. The summed E-state index contributed by atoms with van der Waals surface area (Å²) < 4.78 is 1.63. The maximum absolute atomic E-state index is 13.6. The van der Waals surface area contributed by atoms with Crippen molar-refractivity contribution in [1.29, 1.82) is 0 Å². The van der Waals surface area contributed by atoms with E-state index in [4.69, 9.17) is 0 Å². The summed E-state index contributed by atoms with van der Waals surface area (Å²) in [6, 6.07) is 21.3. The third-order valence-electron chi connectivity index (χ3n) is 5.86. The van der Waals surface area contributed by atoms with Crippen molar-refractivity contribution in [3.8, 4) is 0 Å². The molecule has 0 aliphatic heterocycles. The van der Waals surface area contributed by atoms with Gasteiger partial charge in [-0.15, -0.1) is 0 Å². The molecule has 5 nitrogen and oxygen atoms in total.